The predicted octanol–water partition coefficient (Wildman–Crippen LogP) is 3.61. The molecule has 0 aromatic carbocycles. The Morgan fingerprint density at radius 1 is 0.800 bits per heavy atom. The van der Waals surface area contributed by atoms with Crippen LogP contribution in [0, 0.1) is 0 Å². The summed E-state index contributed by atoms with van der Waals surface area (Å²) in [6, 6.07) is 0. The lowest BCUT2D eigenvalue weighted by atomic mass is 10.3. The summed E-state index contributed by atoms with van der Waals surface area (Å²) >= 11 is 2.08. The van der Waals surface area contributed by atoms with Crippen LogP contribution >= 0.6 is 27.2 Å². The SMILES string of the molecule is CCc1sc(CC)c(P(C)C)c1P(C)C. The fraction of sp³-hybridized carbons (Fsp3) is 0.667. The van der Waals surface area contributed by atoms with E-state index in [1.54, 1.807) is 20.4 Å². The lowest BCUT2D eigenvalue weighted by Gasteiger charge is -2.14. The van der Waals surface area contributed by atoms with Gasteiger partial charge >= 0.3 is 0 Å². The zero-order valence-electron chi connectivity index (χ0n) is 10.7. The van der Waals surface area contributed by atoms with Crippen molar-refractivity contribution in [3.8, 4) is 0 Å². The second-order valence-corrected chi connectivity index (χ2v) is 9.80. The Hall–Kier alpha value is 0.560. The molecule has 0 nitrogen and oxygen atoms in total. The van der Waals surface area contributed by atoms with E-state index in [4.69, 9.17) is 0 Å². The van der Waals surface area contributed by atoms with Crippen molar-refractivity contribution in [1.82, 2.24) is 0 Å². The molecule has 0 aliphatic rings. The number of aryl methyl sites for hydroxylation is 2. The molecule has 3 heteroatoms. The first-order valence-corrected chi connectivity index (χ1v) is 10.8. The van der Waals surface area contributed by atoms with Gasteiger partial charge in [0.25, 0.3) is 0 Å². The molecular weight excluding hydrogens is 238 g/mol. The molecule has 0 radical (unpaired) electrons. The van der Waals surface area contributed by atoms with Crippen LogP contribution < -0.4 is 10.6 Å². The lowest BCUT2D eigenvalue weighted by Crippen LogP contribution is -2.21. The van der Waals surface area contributed by atoms with Crippen LogP contribution in [-0.2, 0) is 12.8 Å². The molecule has 86 valence electrons. The van der Waals surface area contributed by atoms with Gasteiger partial charge in [-0.15, -0.1) is 11.3 Å². The average molecular weight is 260 g/mol. The van der Waals surface area contributed by atoms with E-state index in [2.05, 4.69) is 51.8 Å². The molecule has 0 unspecified atom stereocenters. The van der Waals surface area contributed by atoms with Gasteiger partial charge < -0.3 is 0 Å². The topological polar surface area (TPSA) is 0 Å². The summed E-state index contributed by atoms with van der Waals surface area (Å²) in [6.45, 7) is 14.2. The van der Waals surface area contributed by atoms with E-state index in [1.807, 2.05) is 0 Å². The molecule has 1 rings (SSSR count). The normalized spacial score (nSPS) is 11.7. The maximum atomic E-state index is 2.40. The fourth-order valence-corrected chi connectivity index (χ4v) is 8.05. The first-order chi connectivity index (χ1) is 7.02. The van der Waals surface area contributed by atoms with E-state index in [0.717, 1.165) is 0 Å². The summed E-state index contributed by atoms with van der Waals surface area (Å²) in [4.78, 5) is 3.32. The molecule has 0 saturated heterocycles. The van der Waals surface area contributed by atoms with Gasteiger partial charge in [0.2, 0.25) is 0 Å². The molecular formula is C12H22P2S. The zero-order chi connectivity index (χ0) is 11.6. The first kappa shape index (κ1) is 13.6. The molecule has 15 heavy (non-hydrogen) atoms. The summed E-state index contributed by atoms with van der Waals surface area (Å²) < 4.78 is 0. The second-order valence-electron chi connectivity index (χ2n) is 4.14. The van der Waals surface area contributed by atoms with Crippen LogP contribution in [0.15, 0.2) is 0 Å². The summed E-state index contributed by atoms with van der Waals surface area (Å²) in [5, 5.41) is 3.48. The molecule has 0 bridgehead atoms. The highest BCUT2D eigenvalue weighted by Gasteiger charge is 2.20. The van der Waals surface area contributed by atoms with Gasteiger partial charge in [-0.25, -0.2) is 0 Å². The van der Waals surface area contributed by atoms with Gasteiger partial charge in [0.15, 0.2) is 0 Å². The molecule has 0 saturated carbocycles. The quantitative estimate of drug-likeness (QED) is 0.726. The molecule has 0 aliphatic carbocycles. The summed E-state index contributed by atoms with van der Waals surface area (Å²) in [5.74, 6) is 0. The molecule has 1 heterocycles. The van der Waals surface area contributed by atoms with Crippen molar-refractivity contribution in [1.29, 1.82) is 0 Å². The van der Waals surface area contributed by atoms with E-state index in [9.17, 15) is 0 Å². The van der Waals surface area contributed by atoms with Gasteiger partial charge in [-0.1, -0.05) is 29.7 Å². The third kappa shape index (κ3) is 2.82. The average Bonchev–Trinajstić information content (AvgIpc) is 2.55. The molecule has 1 aromatic heterocycles. The van der Waals surface area contributed by atoms with Gasteiger partial charge in [-0.05, 0) is 50.1 Å². The largest absolute Gasteiger partial charge is 0.144 e. The summed E-state index contributed by atoms with van der Waals surface area (Å²) in [6.07, 6.45) is 2.44. The minimum atomic E-state index is 0.0663. The third-order valence-electron chi connectivity index (χ3n) is 2.54. The Morgan fingerprint density at radius 3 is 1.33 bits per heavy atom. The van der Waals surface area contributed by atoms with Gasteiger partial charge in [0.1, 0.15) is 0 Å². The van der Waals surface area contributed by atoms with Crippen LogP contribution in [0.25, 0.3) is 0 Å². The molecule has 1 aromatic rings. The van der Waals surface area contributed by atoms with Crippen molar-refractivity contribution >= 4 is 37.8 Å². The Labute approximate surface area is 101 Å². The van der Waals surface area contributed by atoms with Gasteiger partial charge in [0.05, 0.1) is 0 Å². The van der Waals surface area contributed by atoms with E-state index < -0.39 is 0 Å². The minimum Gasteiger partial charge on any atom is -0.144 e. The maximum Gasteiger partial charge on any atom is 0.0129 e. The Balaban J connectivity index is 3.35. The van der Waals surface area contributed by atoms with Crippen LogP contribution in [0.3, 0.4) is 0 Å². The van der Waals surface area contributed by atoms with Gasteiger partial charge in [0, 0.05) is 9.75 Å². The summed E-state index contributed by atoms with van der Waals surface area (Å²) in [7, 11) is 0.133. The highest BCUT2D eigenvalue weighted by Crippen LogP contribution is 2.37. The number of rotatable bonds is 4. The molecule has 0 amide bonds. The standard InChI is InChI=1S/C12H22P2S/c1-7-9-11(13(3)4)12(14(5)6)10(8-2)15-9/h7-8H2,1-6H3. The van der Waals surface area contributed by atoms with E-state index >= 15 is 0 Å². The number of hydrogen-bond donors (Lipinski definition) is 0. The van der Waals surface area contributed by atoms with Crippen molar-refractivity contribution in [2.75, 3.05) is 26.7 Å². The lowest BCUT2D eigenvalue weighted by molar-refractivity contribution is 1.19. The molecule has 0 aliphatic heterocycles. The van der Waals surface area contributed by atoms with Crippen LogP contribution in [0.4, 0.5) is 0 Å². The zero-order valence-corrected chi connectivity index (χ0v) is 13.3. The van der Waals surface area contributed by atoms with Crippen molar-refractivity contribution in [2.45, 2.75) is 26.7 Å². The molecule has 0 spiro atoms. The highest BCUT2D eigenvalue weighted by molar-refractivity contribution is 7.71. The Kier molecular flexibility index (Phi) is 5.23. The van der Waals surface area contributed by atoms with E-state index in [-0.39, 0.29) is 15.8 Å². The van der Waals surface area contributed by atoms with Gasteiger partial charge in [-0.2, -0.15) is 0 Å². The summed E-state index contributed by atoms with van der Waals surface area (Å²) in [5.41, 5.74) is 0. The minimum absolute atomic E-state index is 0.0663. The van der Waals surface area contributed by atoms with Crippen molar-refractivity contribution in [2.24, 2.45) is 0 Å². The Morgan fingerprint density at radius 2 is 1.13 bits per heavy atom. The predicted molar refractivity (Wildman–Crippen MR) is 79.9 cm³/mol. The van der Waals surface area contributed by atoms with Crippen LogP contribution in [0.1, 0.15) is 23.6 Å². The van der Waals surface area contributed by atoms with Crippen molar-refractivity contribution < 1.29 is 0 Å². The molecule has 0 fully saturated rings. The fourth-order valence-electron chi connectivity index (χ4n) is 1.91. The van der Waals surface area contributed by atoms with E-state index in [0.29, 0.717) is 0 Å². The molecule has 0 N–H and O–H groups in total. The smallest absolute Gasteiger partial charge is 0.0129 e. The second kappa shape index (κ2) is 5.76. The van der Waals surface area contributed by atoms with Crippen LogP contribution in [0.2, 0.25) is 0 Å². The monoisotopic (exact) mass is 260 g/mol. The first-order valence-electron chi connectivity index (χ1n) is 5.52. The van der Waals surface area contributed by atoms with E-state index in [1.165, 1.54) is 12.8 Å². The number of hydrogen-bond acceptors (Lipinski definition) is 1. The van der Waals surface area contributed by atoms with Crippen molar-refractivity contribution in [3.63, 3.8) is 0 Å². The van der Waals surface area contributed by atoms with Crippen LogP contribution in [0.5, 0.6) is 0 Å². The van der Waals surface area contributed by atoms with Crippen LogP contribution in [-0.4, -0.2) is 26.7 Å². The molecule has 0 atom stereocenters. The highest BCUT2D eigenvalue weighted by atomic mass is 32.1. The Bertz CT molecular complexity index is 296. The number of thiophene rings is 1. The maximum absolute atomic E-state index is 2.40. The van der Waals surface area contributed by atoms with Gasteiger partial charge in [-0.3, -0.25) is 0 Å². The van der Waals surface area contributed by atoms with Crippen molar-refractivity contribution in [3.05, 3.63) is 9.75 Å². The third-order valence-corrected chi connectivity index (χ3v) is 7.27.